The van der Waals surface area contributed by atoms with Crippen molar-refractivity contribution in [2.75, 3.05) is 19.7 Å². The Bertz CT molecular complexity index is 842. The second kappa shape index (κ2) is 6.32. The minimum atomic E-state index is -3.74. The van der Waals surface area contributed by atoms with Gasteiger partial charge in [0.25, 0.3) is 5.91 Å². The second-order valence-corrected chi connectivity index (χ2v) is 8.68. The van der Waals surface area contributed by atoms with Crippen LogP contribution in [-0.2, 0) is 17.1 Å². The number of thiophene rings is 1. The van der Waals surface area contributed by atoms with Gasteiger partial charge in [0.05, 0.1) is 0 Å². The number of nitrogens with two attached hydrogens (primary N) is 1. The molecule has 9 heteroatoms. The topological polar surface area (TPSA) is 106 Å². The summed E-state index contributed by atoms with van der Waals surface area (Å²) < 4.78 is 28.5. The van der Waals surface area contributed by atoms with Crippen molar-refractivity contribution in [3.8, 4) is 0 Å². The first-order valence-electron chi connectivity index (χ1n) is 7.44. The minimum Gasteiger partial charge on any atom is -0.396 e. The van der Waals surface area contributed by atoms with E-state index in [1.54, 1.807) is 18.4 Å². The fourth-order valence-electron chi connectivity index (χ4n) is 3.15. The van der Waals surface area contributed by atoms with E-state index < -0.39 is 15.9 Å². The predicted molar refractivity (Wildman–Crippen MR) is 90.3 cm³/mol. The zero-order chi connectivity index (χ0) is 17.5. The summed E-state index contributed by atoms with van der Waals surface area (Å²) >= 11 is 1.55. The van der Waals surface area contributed by atoms with Crippen LogP contribution in [0.2, 0.25) is 0 Å². The van der Waals surface area contributed by atoms with Gasteiger partial charge in [0.1, 0.15) is 10.6 Å². The third kappa shape index (κ3) is 2.88. The van der Waals surface area contributed by atoms with Crippen molar-refractivity contribution in [1.82, 2.24) is 8.87 Å². The molecule has 2 aromatic heterocycles. The Morgan fingerprint density at radius 1 is 1.46 bits per heavy atom. The number of aliphatic hydroxyl groups excluding tert-OH is 1. The Kier molecular flexibility index (Phi) is 4.52. The first-order chi connectivity index (χ1) is 11.3. The van der Waals surface area contributed by atoms with Crippen LogP contribution in [0.3, 0.4) is 0 Å². The van der Waals surface area contributed by atoms with E-state index in [0.29, 0.717) is 6.54 Å². The number of carbonyl (C=O) groups is 1. The van der Waals surface area contributed by atoms with Crippen molar-refractivity contribution in [2.24, 2.45) is 18.7 Å². The lowest BCUT2D eigenvalue weighted by Gasteiger charge is -2.15. The highest BCUT2D eigenvalue weighted by atomic mass is 32.2. The number of carbonyl (C=O) groups excluding carboxylic acids is 1. The quantitative estimate of drug-likeness (QED) is 0.804. The molecule has 3 heterocycles. The van der Waals surface area contributed by atoms with E-state index in [2.05, 4.69) is 0 Å². The molecule has 3 rings (SSSR count). The standard InChI is InChI=1S/C15H19N3O4S2/c1-17-6-12(4-14(17)15(16)20)24(21,22)18-5-11(8-19)13(7-18)10-2-3-23-9-10/h2-4,6,9,11,13,19H,5,7-8H2,1H3,(H2,16,20)/t11-,13-/m0/s1. The molecule has 130 valence electrons. The minimum absolute atomic E-state index is 0.0321. The molecule has 2 atom stereocenters. The third-order valence-electron chi connectivity index (χ3n) is 4.48. The summed E-state index contributed by atoms with van der Waals surface area (Å²) in [5.74, 6) is -0.853. The molecule has 3 N–H and O–H groups in total. The fraction of sp³-hybridized carbons (Fsp3) is 0.400. The molecule has 1 amide bonds. The highest BCUT2D eigenvalue weighted by molar-refractivity contribution is 7.89. The van der Waals surface area contributed by atoms with Gasteiger partial charge in [0.2, 0.25) is 10.0 Å². The molecule has 1 aliphatic heterocycles. The van der Waals surface area contributed by atoms with E-state index in [9.17, 15) is 18.3 Å². The maximum absolute atomic E-state index is 12.9. The van der Waals surface area contributed by atoms with Crippen LogP contribution in [-0.4, -0.2) is 48.0 Å². The van der Waals surface area contributed by atoms with Gasteiger partial charge >= 0.3 is 0 Å². The molecule has 0 unspecified atom stereocenters. The van der Waals surface area contributed by atoms with Gasteiger partial charge in [-0.25, -0.2) is 8.42 Å². The van der Waals surface area contributed by atoms with E-state index in [1.165, 1.54) is 21.1 Å². The molecule has 0 radical (unpaired) electrons. The van der Waals surface area contributed by atoms with Crippen LogP contribution in [0.4, 0.5) is 0 Å². The van der Waals surface area contributed by atoms with Crippen LogP contribution in [0.1, 0.15) is 22.0 Å². The molecule has 0 aromatic carbocycles. The number of aliphatic hydroxyl groups is 1. The SMILES string of the molecule is Cn1cc(S(=O)(=O)N2C[C@@H](CO)[C@H](c3ccsc3)C2)cc1C(N)=O. The predicted octanol–water partition coefficient (Wildman–Crippen LogP) is 0.582. The lowest BCUT2D eigenvalue weighted by molar-refractivity contribution is 0.0992. The highest BCUT2D eigenvalue weighted by Gasteiger charge is 2.40. The van der Waals surface area contributed by atoms with Crippen LogP contribution >= 0.6 is 11.3 Å². The summed E-state index contributed by atoms with van der Waals surface area (Å²) in [5, 5.41) is 13.6. The van der Waals surface area contributed by atoms with Crippen molar-refractivity contribution < 1.29 is 18.3 Å². The number of rotatable bonds is 5. The maximum Gasteiger partial charge on any atom is 0.265 e. The Hall–Kier alpha value is -1.68. The lowest BCUT2D eigenvalue weighted by Crippen LogP contribution is -2.29. The first kappa shape index (κ1) is 17.2. The average molecular weight is 369 g/mol. The summed E-state index contributed by atoms with van der Waals surface area (Å²) in [6.45, 7) is 0.485. The normalized spacial score (nSPS) is 22.1. The van der Waals surface area contributed by atoms with Crippen molar-refractivity contribution in [2.45, 2.75) is 10.8 Å². The Balaban J connectivity index is 1.91. The van der Waals surface area contributed by atoms with E-state index in [0.717, 1.165) is 5.56 Å². The van der Waals surface area contributed by atoms with Crippen LogP contribution in [0.5, 0.6) is 0 Å². The number of hydrogen-bond donors (Lipinski definition) is 2. The van der Waals surface area contributed by atoms with Crippen molar-refractivity contribution in [3.63, 3.8) is 0 Å². The molecule has 2 aromatic rings. The summed E-state index contributed by atoms with van der Waals surface area (Å²) in [6, 6.07) is 3.26. The summed E-state index contributed by atoms with van der Waals surface area (Å²) in [4.78, 5) is 11.4. The van der Waals surface area contributed by atoms with E-state index in [-0.39, 0.29) is 35.6 Å². The fourth-order valence-corrected chi connectivity index (χ4v) is 5.47. The van der Waals surface area contributed by atoms with Gasteiger partial charge in [-0.05, 0) is 28.5 Å². The van der Waals surface area contributed by atoms with Gasteiger partial charge in [0, 0.05) is 44.8 Å². The molecule has 1 aliphatic rings. The molecule has 0 spiro atoms. The van der Waals surface area contributed by atoms with Crippen LogP contribution in [0, 0.1) is 5.92 Å². The van der Waals surface area contributed by atoms with Gasteiger partial charge in [-0.1, -0.05) is 0 Å². The van der Waals surface area contributed by atoms with Crippen molar-refractivity contribution in [1.29, 1.82) is 0 Å². The smallest absolute Gasteiger partial charge is 0.265 e. The molecule has 1 saturated heterocycles. The van der Waals surface area contributed by atoms with Gasteiger partial charge in [-0.2, -0.15) is 15.6 Å². The summed E-state index contributed by atoms with van der Waals surface area (Å²) in [5.41, 5.74) is 6.44. The zero-order valence-electron chi connectivity index (χ0n) is 13.1. The second-order valence-electron chi connectivity index (χ2n) is 5.96. The molecule has 0 bridgehead atoms. The van der Waals surface area contributed by atoms with Gasteiger partial charge in [0.15, 0.2) is 0 Å². The van der Waals surface area contributed by atoms with Crippen LogP contribution < -0.4 is 5.73 Å². The highest BCUT2D eigenvalue weighted by Crippen LogP contribution is 2.36. The third-order valence-corrected chi connectivity index (χ3v) is 6.98. The average Bonchev–Trinajstić information content (AvgIpc) is 3.25. The Morgan fingerprint density at radius 2 is 2.21 bits per heavy atom. The van der Waals surface area contributed by atoms with Gasteiger partial charge in [-0.3, -0.25) is 4.79 Å². The number of nitrogens with zero attached hydrogens (tertiary/aromatic N) is 2. The van der Waals surface area contributed by atoms with Crippen LogP contribution in [0.15, 0.2) is 34.0 Å². The molecule has 0 aliphatic carbocycles. The lowest BCUT2D eigenvalue weighted by atomic mass is 9.92. The van der Waals surface area contributed by atoms with Crippen molar-refractivity contribution >= 4 is 27.3 Å². The van der Waals surface area contributed by atoms with E-state index >= 15 is 0 Å². The van der Waals surface area contributed by atoms with E-state index in [4.69, 9.17) is 5.73 Å². The number of aryl methyl sites for hydroxylation is 1. The zero-order valence-corrected chi connectivity index (χ0v) is 14.8. The monoisotopic (exact) mass is 369 g/mol. The number of amides is 1. The Labute approximate surface area is 144 Å². The van der Waals surface area contributed by atoms with E-state index in [1.807, 2.05) is 16.8 Å². The summed E-state index contributed by atoms with van der Waals surface area (Å²) in [7, 11) is -2.17. The van der Waals surface area contributed by atoms with Crippen LogP contribution in [0.25, 0.3) is 0 Å². The maximum atomic E-state index is 12.9. The molecular weight excluding hydrogens is 350 g/mol. The number of primary amides is 1. The number of aromatic nitrogens is 1. The number of sulfonamides is 1. The first-order valence-corrected chi connectivity index (χ1v) is 9.82. The van der Waals surface area contributed by atoms with Crippen molar-refractivity contribution in [3.05, 3.63) is 40.3 Å². The van der Waals surface area contributed by atoms with Gasteiger partial charge in [-0.15, -0.1) is 0 Å². The molecule has 7 nitrogen and oxygen atoms in total. The number of hydrogen-bond acceptors (Lipinski definition) is 5. The molecule has 0 saturated carbocycles. The van der Waals surface area contributed by atoms with Gasteiger partial charge < -0.3 is 15.4 Å². The largest absolute Gasteiger partial charge is 0.396 e. The Morgan fingerprint density at radius 3 is 2.75 bits per heavy atom. The molecule has 1 fully saturated rings. The molecule has 24 heavy (non-hydrogen) atoms. The summed E-state index contributed by atoms with van der Waals surface area (Å²) in [6.07, 6.45) is 1.39. The molecular formula is C15H19N3O4S2.